The number of fused-ring (bicyclic) bond motifs is 3. The zero-order valence-electron chi connectivity index (χ0n) is 11.6. The van der Waals surface area contributed by atoms with Gasteiger partial charge in [0.05, 0.1) is 22.4 Å². The molecular formula is C13H22BrN5. The Morgan fingerprint density at radius 2 is 2.16 bits per heavy atom. The monoisotopic (exact) mass is 327 g/mol. The van der Waals surface area contributed by atoms with Crippen LogP contribution in [0.2, 0.25) is 0 Å². The normalized spacial score (nSPS) is 31.6. The number of aryl methyl sites for hydroxylation is 1. The molecule has 0 radical (unpaired) electrons. The Hall–Kier alpha value is -0.430. The quantitative estimate of drug-likeness (QED) is 0.892. The number of nitrogens with zero attached hydrogens (tertiary/aromatic N) is 4. The van der Waals surface area contributed by atoms with E-state index in [9.17, 15) is 0 Å². The van der Waals surface area contributed by atoms with Gasteiger partial charge in [0.1, 0.15) is 0 Å². The molecule has 4 rings (SSSR count). The number of likely N-dealkylation sites (N-methyl/N-ethyl adjacent to an activating group) is 1. The molecule has 3 aliphatic rings. The molecule has 3 saturated heterocycles. The van der Waals surface area contributed by atoms with Gasteiger partial charge >= 0.3 is 0 Å². The highest BCUT2D eigenvalue weighted by Crippen LogP contribution is 2.31. The number of rotatable bonds is 4. The number of hydrogen-bond donors (Lipinski definition) is 1. The minimum atomic E-state index is 0.333. The highest BCUT2D eigenvalue weighted by Gasteiger charge is 2.38. The molecule has 1 aromatic heterocycles. The molecule has 0 aromatic carbocycles. The number of aromatic nitrogens is 2. The molecule has 2 bridgehead atoms. The lowest BCUT2D eigenvalue weighted by molar-refractivity contribution is -0.00391. The van der Waals surface area contributed by atoms with Gasteiger partial charge in [-0.05, 0) is 29.9 Å². The summed E-state index contributed by atoms with van der Waals surface area (Å²) in [5.74, 6) is 0. The summed E-state index contributed by atoms with van der Waals surface area (Å²) in [5, 5.41) is 7.97. The zero-order chi connectivity index (χ0) is 13.4. The fourth-order valence-corrected chi connectivity index (χ4v) is 3.96. The highest BCUT2D eigenvalue weighted by atomic mass is 79.9. The van der Waals surface area contributed by atoms with Crippen LogP contribution in [0.4, 0.5) is 0 Å². The summed E-state index contributed by atoms with van der Waals surface area (Å²) in [6.07, 6.45) is 1.92. The molecule has 2 unspecified atom stereocenters. The highest BCUT2D eigenvalue weighted by molar-refractivity contribution is 9.10. The maximum atomic E-state index is 4.46. The number of piperazine rings is 3. The Morgan fingerprint density at radius 3 is 2.68 bits per heavy atom. The molecular weight excluding hydrogens is 306 g/mol. The maximum Gasteiger partial charge on any atom is 0.0711 e. The Labute approximate surface area is 123 Å². The molecule has 3 aliphatic heterocycles. The minimum absolute atomic E-state index is 0.333. The van der Waals surface area contributed by atoms with Crippen molar-refractivity contribution in [1.29, 1.82) is 0 Å². The van der Waals surface area contributed by atoms with Gasteiger partial charge in [-0.25, -0.2) is 0 Å². The molecule has 106 valence electrons. The zero-order valence-corrected chi connectivity index (χ0v) is 13.2. The second-order valence-corrected chi connectivity index (χ2v) is 6.22. The first-order chi connectivity index (χ1) is 9.24. The standard InChI is InChI=1S/C13H22BrN5/c1-3-19-13(10(14)8-16-19)12(15-2)11-9-17-4-6-18(11)7-5-17/h8,11-12,15H,3-7,9H2,1-2H3. The van der Waals surface area contributed by atoms with E-state index in [4.69, 9.17) is 0 Å². The average Bonchev–Trinajstić information content (AvgIpc) is 2.83. The molecule has 6 heteroatoms. The van der Waals surface area contributed by atoms with Gasteiger partial charge in [-0.15, -0.1) is 0 Å². The molecule has 2 atom stereocenters. The van der Waals surface area contributed by atoms with Crippen LogP contribution in [-0.2, 0) is 6.54 Å². The first-order valence-electron chi connectivity index (χ1n) is 7.09. The van der Waals surface area contributed by atoms with E-state index in [0.29, 0.717) is 12.1 Å². The van der Waals surface area contributed by atoms with Crippen molar-refractivity contribution in [2.24, 2.45) is 0 Å². The van der Waals surface area contributed by atoms with E-state index in [0.717, 1.165) is 17.6 Å². The maximum absolute atomic E-state index is 4.46. The fraction of sp³-hybridized carbons (Fsp3) is 0.769. The summed E-state index contributed by atoms with van der Waals surface area (Å²) >= 11 is 3.66. The van der Waals surface area contributed by atoms with Crippen LogP contribution in [-0.4, -0.2) is 65.4 Å². The van der Waals surface area contributed by atoms with Crippen LogP contribution in [0.5, 0.6) is 0 Å². The third-order valence-electron chi connectivity index (χ3n) is 4.44. The van der Waals surface area contributed by atoms with Crippen LogP contribution in [0.15, 0.2) is 10.7 Å². The summed E-state index contributed by atoms with van der Waals surface area (Å²) in [7, 11) is 2.06. The van der Waals surface area contributed by atoms with E-state index in [1.54, 1.807) is 0 Å². The van der Waals surface area contributed by atoms with Crippen molar-refractivity contribution in [1.82, 2.24) is 24.9 Å². The molecule has 3 fully saturated rings. The third kappa shape index (κ3) is 2.35. The van der Waals surface area contributed by atoms with Crippen LogP contribution in [0.1, 0.15) is 18.7 Å². The van der Waals surface area contributed by atoms with E-state index in [-0.39, 0.29) is 0 Å². The first-order valence-corrected chi connectivity index (χ1v) is 7.88. The summed E-state index contributed by atoms with van der Waals surface area (Å²) < 4.78 is 3.22. The second-order valence-electron chi connectivity index (χ2n) is 5.36. The van der Waals surface area contributed by atoms with Crippen LogP contribution >= 0.6 is 15.9 Å². The molecule has 0 spiro atoms. The lowest BCUT2D eigenvalue weighted by Gasteiger charge is -2.50. The van der Waals surface area contributed by atoms with Gasteiger partial charge in [0.15, 0.2) is 0 Å². The van der Waals surface area contributed by atoms with E-state index < -0.39 is 0 Å². The van der Waals surface area contributed by atoms with Crippen LogP contribution in [0.3, 0.4) is 0 Å². The molecule has 4 heterocycles. The molecule has 19 heavy (non-hydrogen) atoms. The largest absolute Gasteiger partial charge is 0.310 e. The smallest absolute Gasteiger partial charge is 0.0711 e. The Morgan fingerprint density at radius 1 is 1.42 bits per heavy atom. The summed E-state index contributed by atoms with van der Waals surface area (Å²) in [5.41, 5.74) is 1.28. The summed E-state index contributed by atoms with van der Waals surface area (Å²) in [4.78, 5) is 5.20. The van der Waals surface area contributed by atoms with Gasteiger partial charge in [-0.2, -0.15) is 5.10 Å². The predicted octanol–water partition coefficient (Wildman–Crippen LogP) is 0.926. The first kappa shape index (κ1) is 13.5. The predicted molar refractivity (Wildman–Crippen MR) is 79.2 cm³/mol. The van der Waals surface area contributed by atoms with Crippen molar-refractivity contribution in [2.45, 2.75) is 25.6 Å². The van der Waals surface area contributed by atoms with Crippen LogP contribution < -0.4 is 5.32 Å². The third-order valence-corrected chi connectivity index (χ3v) is 5.06. The van der Waals surface area contributed by atoms with E-state index in [1.807, 2.05) is 6.20 Å². The Balaban J connectivity index is 1.90. The van der Waals surface area contributed by atoms with Crippen molar-refractivity contribution in [3.05, 3.63) is 16.4 Å². The molecule has 0 saturated carbocycles. The van der Waals surface area contributed by atoms with Crippen LogP contribution in [0, 0.1) is 0 Å². The van der Waals surface area contributed by atoms with Gasteiger partial charge in [0.25, 0.3) is 0 Å². The molecule has 1 aromatic rings. The summed E-state index contributed by atoms with van der Waals surface area (Å²) in [6.45, 7) is 9.05. The van der Waals surface area contributed by atoms with Crippen molar-refractivity contribution in [3.8, 4) is 0 Å². The van der Waals surface area contributed by atoms with Gasteiger partial charge in [0, 0.05) is 45.3 Å². The molecule has 5 nitrogen and oxygen atoms in total. The second kappa shape index (κ2) is 5.52. The number of nitrogens with one attached hydrogen (secondary N) is 1. The molecule has 0 amide bonds. The lowest BCUT2D eigenvalue weighted by atomic mass is 9.97. The Bertz CT molecular complexity index is 438. The SMILES string of the molecule is CCn1ncc(Br)c1C(NC)C1CN2CCN1CC2. The van der Waals surface area contributed by atoms with Gasteiger partial charge < -0.3 is 5.32 Å². The van der Waals surface area contributed by atoms with Crippen molar-refractivity contribution in [3.63, 3.8) is 0 Å². The van der Waals surface area contributed by atoms with Crippen LogP contribution in [0.25, 0.3) is 0 Å². The van der Waals surface area contributed by atoms with Crippen molar-refractivity contribution < 1.29 is 0 Å². The van der Waals surface area contributed by atoms with Gasteiger partial charge in [-0.1, -0.05) is 0 Å². The van der Waals surface area contributed by atoms with Crippen molar-refractivity contribution >= 4 is 15.9 Å². The van der Waals surface area contributed by atoms with Gasteiger partial charge in [-0.3, -0.25) is 14.5 Å². The average molecular weight is 328 g/mol. The van der Waals surface area contributed by atoms with E-state index >= 15 is 0 Å². The fourth-order valence-electron chi connectivity index (χ4n) is 3.42. The topological polar surface area (TPSA) is 36.3 Å². The number of halogens is 1. The minimum Gasteiger partial charge on any atom is -0.310 e. The van der Waals surface area contributed by atoms with E-state index in [1.165, 1.54) is 31.9 Å². The number of hydrogen-bond acceptors (Lipinski definition) is 4. The van der Waals surface area contributed by atoms with E-state index in [2.05, 4.69) is 54.8 Å². The lowest BCUT2D eigenvalue weighted by Crippen LogP contribution is -2.63. The van der Waals surface area contributed by atoms with Gasteiger partial charge in [0.2, 0.25) is 0 Å². The Kier molecular flexibility index (Phi) is 3.93. The molecule has 1 N–H and O–H groups in total. The van der Waals surface area contributed by atoms with Crippen molar-refractivity contribution in [2.75, 3.05) is 39.8 Å². The molecule has 0 aliphatic carbocycles. The summed E-state index contributed by atoms with van der Waals surface area (Å²) in [6, 6.07) is 0.880.